The second kappa shape index (κ2) is 5.14. The molecule has 1 aromatic heterocycles. The van der Waals surface area contributed by atoms with E-state index in [1.165, 1.54) is 12.1 Å². The van der Waals surface area contributed by atoms with Crippen molar-refractivity contribution in [3.63, 3.8) is 0 Å². The Hall–Kier alpha value is -1.67. The van der Waals surface area contributed by atoms with Gasteiger partial charge in [0.15, 0.2) is 0 Å². The number of carbonyl (C=O) groups is 1. The minimum absolute atomic E-state index is 0.219. The molecule has 9 heteroatoms. The molecule has 2 aromatic rings. The number of nitrogens with zero attached hydrogens (tertiary/aromatic N) is 2. The molecule has 0 atom stereocenters. The monoisotopic (exact) mass is 307 g/mol. The summed E-state index contributed by atoms with van der Waals surface area (Å²) in [5.74, 6) is -0.604. The second-order valence-electron chi connectivity index (χ2n) is 3.37. The lowest BCUT2D eigenvalue weighted by Crippen LogP contribution is -2.11. The molecule has 19 heavy (non-hydrogen) atoms. The van der Waals surface area contributed by atoms with E-state index in [4.69, 9.17) is 11.6 Å². The second-order valence-corrected chi connectivity index (χ2v) is 4.79. The summed E-state index contributed by atoms with van der Waals surface area (Å²) >= 11 is 5.96. The van der Waals surface area contributed by atoms with Crippen molar-refractivity contribution in [3.05, 3.63) is 39.9 Å². The van der Waals surface area contributed by atoms with Crippen molar-refractivity contribution < 1.29 is 18.0 Å². The third kappa shape index (κ3) is 3.42. The first-order valence-corrected chi connectivity index (χ1v) is 6.03. The summed E-state index contributed by atoms with van der Waals surface area (Å²) in [6, 6.07) is 6.00. The number of aromatic nitrogens is 2. The Morgan fingerprint density at radius 1 is 1.32 bits per heavy atom. The fraction of sp³-hybridized carbons (Fsp3) is 0.100. The minimum atomic E-state index is -4.57. The Morgan fingerprint density at radius 2 is 2.05 bits per heavy atom. The van der Waals surface area contributed by atoms with Crippen LogP contribution in [0, 0.1) is 0 Å². The Bertz CT molecular complexity index is 614. The van der Waals surface area contributed by atoms with Gasteiger partial charge in [-0.05, 0) is 18.2 Å². The Labute approximate surface area is 114 Å². The van der Waals surface area contributed by atoms with E-state index in [0.29, 0.717) is 5.02 Å². The maximum Gasteiger partial charge on any atom is 0.445 e. The van der Waals surface area contributed by atoms with Gasteiger partial charge in [0, 0.05) is 10.6 Å². The highest BCUT2D eigenvalue weighted by Crippen LogP contribution is 2.33. The molecule has 0 spiro atoms. The van der Waals surface area contributed by atoms with Crippen molar-refractivity contribution in [1.82, 2.24) is 10.2 Å². The SMILES string of the molecule is O=C(Nc1nnc(C(F)(F)F)s1)c1cccc(Cl)c1. The van der Waals surface area contributed by atoms with Gasteiger partial charge in [0.2, 0.25) is 10.1 Å². The quantitative estimate of drug-likeness (QED) is 0.924. The predicted octanol–water partition coefficient (Wildman–Crippen LogP) is 3.46. The molecule has 0 fully saturated rings. The molecule has 1 aromatic carbocycles. The zero-order valence-corrected chi connectivity index (χ0v) is 10.6. The number of carbonyl (C=O) groups excluding carboxylic acids is 1. The average molecular weight is 308 g/mol. The number of benzene rings is 1. The topological polar surface area (TPSA) is 54.9 Å². The van der Waals surface area contributed by atoms with Gasteiger partial charge in [-0.15, -0.1) is 10.2 Å². The van der Waals surface area contributed by atoms with Crippen LogP contribution < -0.4 is 5.32 Å². The zero-order valence-electron chi connectivity index (χ0n) is 9.03. The molecular formula is C10H5ClF3N3OS. The van der Waals surface area contributed by atoms with E-state index in [9.17, 15) is 18.0 Å². The van der Waals surface area contributed by atoms with Crippen molar-refractivity contribution >= 4 is 34.0 Å². The zero-order chi connectivity index (χ0) is 14.0. The number of nitrogens with one attached hydrogen (secondary N) is 1. The van der Waals surface area contributed by atoms with E-state index in [0.717, 1.165) is 0 Å². The van der Waals surface area contributed by atoms with Gasteiger partial charge in [-0.2, -0.15) is 13.2 Å². The standard InChI is InChI=1S/C10H5ClF3N3OS/c11-6-3-1-2-5(4-6)7(18)15-9-17-16-8(19-9)10(12,13)14/h1-4H,(H,15,17,18). The van der Waals surface area contributed by atoms with Crippen molar-refractivity contribution in [3.8, 4) is 0 Å². The number of anilines is 1. The first-order chi connectivity index (χ1) is 8.86. The molecule has 1 amide bonds. The van der Waals surface area contributed by atoms with Crippen LogP contribution in [0.2, 0.25) is 5.02 Å². The number of hydrogen-bond acceptors (Lipinski definition) is 4. The molecule has 100 valence electrons. The molecule has 0 bridgehead atoms. The number of alkyl halides is 3. The molecule has 1 heterocycles. The lowest BCUT2D eigenvalue weighted by molar-refractivity contribution is -0.138. The Morgan fingerprint density at radius 3 is 2.63 bits per heavy atom. The van der Waals surface area contributed by atoms with Gasteiger partial charge in [-0.3, -0.25) is 10.1 Å². The summed E-state index contributed by atoms with van der Waals surface area (Å²) < 4.78 is 36.9. The number of halogens is 4. The first-order valence-electron chi connectivity index (χ1n) is 4.84. The molecule has 1 N–H and O–H groups in total. The number of hydrogen-bond donors (Lipinski definition) is 1. The van der Waals surface area contributed by atoms with Crippen LogP contribution in [0.3, 0.4) is 0 Å². The fourth-order valence-electron chi connectivity index (χ4n) is 1.19. The van der Waals surface area contributed by atoms with Crippen LogP contribution in [0.1, 0.15) is 15.4 Å². The molecule has 0 aliphatic rings. The third-order valence-corrected chi connectivity index (χ3v) is 3.09. The van der Waals surface area contributed by atoms with Gasteiger partial charge in [0.1, 0.15) is 0 Å². The fourth-order valence-corrected chi connectivity index (χ4v) is 1.98. The summed E-state index contributed by atoms with van der Waals surface area (Å²) in [7, 11) is 0. The average Bonchev–Trinajstić information content (AvgIpc) is 2.77. The third-order valence-electron chi connectivity index (χ3n) is 1.97. The van der Waals surface area contributed by atoms with E-state index in [-0.39, 0.29) is 22.0 Å². The normalized spacial score (nSPS) is 11.4. The maximum atomic E-state index is 12.3. The van der Waals surface area contributed by atoms with E-state index < -0.39 is 17.1 Å². The lowest BCUT2D eigenvalue weighted by Gasteiger charge is -2.01. The summed E-state index contributed by atoms with van der Waals surface area (Å²) in [5, 5.41) is 7.44. The highest BCUT2D eigenvalue weighted by molar-refractivity contribution is 7.15. The largest absolute Gasteiger partial charge is 0.445 e. The minimum Gasteiger partial charge on any atom is -0.296 e. The molecule has 0 saturated carbocycles. The Kier molecular flexibility index (Phi) is 3.72. The lowest BCUT2D eigenvalue weighted by atomic mass is 10.2. The summed E-state index contributed by atoms with van der Waals surface area (Å²) in [6.45, 7) is 0. The van der Waals surface area contributed by atoms with Crippen LogP contribution in [0.5, 0.6) is 0 Å². The van der Waals surface area contributed by atoms with Crippen molar-refractivity contribution in [2.75, 3.05) is 5.32 Å². The van der Waals surface area contributed by atoms with Crippen LogP contribution in [0.25, 0.3) is 0 Å². The van der Waals surface area contributed by atoms with Gasteiger partial charge < -0.3 is 0 Å². The van der Waals surface area contributed by atoms with Crippen molar-refractivity contribution in [2.24, 2.45) is 0 Å². The van der Waals surface area contributed by atoms with Gasteiger partial charge >= 0.3 is 6.18 Å². The van der Waals surface area contributed by atoms with Crippen LogP contribution in [-0.2, 0) is 6.18 Å². The number of rotatable bonds is 2. The van der Waals surface area contributed by atoms with Gasteiger partial charge in [0.05, 0.1) is 0 Å². The first kappa shape index (κ1) is 13.8. The van der Waals surface area contributed by atoms with E-state index in [1.807, 2.05) is 0 Å². The predicted molar refractivity (Wildman–Crippen MR) is 64.3 cm³/mol. The summed E-state index contributed by atoms with van der Waals surface area (Å²) in [4.78, 5) is 11.7. The molecule has 0 saturated heterocycles. The molecular weight excluding hydrogens is 303 g/mol. The van der Waals surface area contributed by atoms with Gasteiger partial charge in [0.25, 0.3) is 5.91 Å². The van der Waals surface area contributed by atoms with Crippen molar-refractivity contribution in [1.29, 1.82) is 0 Å². The van der Waals surface area contributed by atoms with Gasteiger partial charge in [-0.25, -0.2) is 0 Å². The molecule has 0 radical (unpaired) electrons. The summed E-state index contributed by atoms with van der Waals surface area (Å²) in [5.41, 5.74) is 0.219. The highest BCUT2D eigenvalue weighted by atomic mass is 35.5. The molecule has 0 aliphatic carbocycles. The van der Waals surface area contributed by atoms with E-state index in [1.54, 1.807) is 12.1 Å². The van der Waals surface area contributed by atoms with E-state index >= 15 is 0 Å². The molecule has 2 rings (SSSR count). The van der Waals surface area contributed by atoms with Crippen LogP contribution in [0.15, 0.2) is 24.3 Å². The molecule has 4 nitrogen and oxygen atoms in total. The van der Waals surface area contributed by atoms with Crippen LogP contribution in [0.4, 0.5) is 18.3 Å². The van der Waals surface area contributed by atoms with Gasteiger partial charge in [-0.1, -0.05) is 29.0 Å². The maximum absolute atomic E-state index is 12.3. The van der Waals surface area contributed by atoms with E-state index in [2.05, 4.69) is 15.5 Å². The highest BCUT2D eigenvalue weighted by Gasteiger charge is 2.35. The smallest absolute Gasteiger partial charge is 0.296 e. The summed E-state index contributed by atoms with van der Waals surface area (Å²) in [6.07, 6.45) is -4.57. The van der Waals surface area contributed by atoms with Crippen LogP contribution >= 0.6 is 22.9 Å². The van der Waals surface area contributed by atoms with Crippen molar-refractivity contribution in [2.45, 2.75) is 6.18 Å². The molecule has 0 unspecified atom stereocenters. The van der Waals surface area contributed by atoms with Crippen LogP contribution in [-0.4, -0.2) is 16.1 Å². The molecule has 0 aliphatic heterocycles. The number of amides is 1. The Balaban J connectivity index is 2.13.